The van der Waals surface area contributed by atoms with Crippen LogP contribution in [0.25, 0.3) is 28.2 Å². The van der Waals surface area contributed by atoms with E-state index < -0.39 is 0 Å². The number of rotatable bonds is 6. The number of hydrogen-bond donors (Lipinski definition) is 1. The van der Waals surface area contributed by atoms with Gasteiger partial charge in [-0.2, -0.15) is 0 Å². The highest BCUT2D eigenvalue weighted by atomic mass is 16.5. The van der Waals surface area contributed by atoms with Crippen molar-refractivity contribution in [1.29, 1.82) is 0 Å². The molecule has 0 bridgehead atoms. The monoisotopic (exact) mass is 435 g/mol. The van der Waals surface area contributed by atoms with Crippen molar-refractivity contribution in [3.8, 4) is 28.2 Å². The van der Waals surface area contributed by atoms with Crippen LogP contribution >= 0.6 is 0 Å². The summed E-state index contributed by atoms with van der Waals surface area (Å²) in [6.45, 7) is 2.34. The molecule has 7 nitrogen and oxygen atoms in total. The van der Waals surface area contributed by atoms with Crippen molar-refractivity contribution in [3.63, 3.8) is 0 Å². The van der Waals surface area contributed by atoms with E-state index in [4.69, 9.17) is 4.52 Å². The van der Waals surface area contributed by atoms with Crippen molar-refractivity contribution in [1.82, 2.24) is 25.0 Å². The van der Waals surface area contributed by atoms with E-state index >= 15 is 0 Å². The number of carbonyl (C=O) groups excluding carboxylic acids is 1. The Morgan fingerprint density at radius 1 is 1.00 bits per heavy atom. The van der Waals surface area contributed by atoms with Crippen molar-refractivity contribution in [2.24, 2.45) is 0 Å². The lowest BCUT2D eigenvalue weighted by Crippen LogP contribution is -2.22. The van der Waals surface area contributed by atoms with E-state index in [0.717, 1.165) is 33.8 Å². The fourth-order valence-corrected chi connectivity index (χ4v) is 3.63. The maximum atomic E-state index is 12.5. The molecule has 0 unspecified atom stereocenters. The molecule has 0 aliphatic heterocycles. The molecule has 0 saturated heterocycles. The number of nitrogens with zero attached hydrogens (tertiary/aromatic N) is 4. The standard InChI is InChI=1S/C26H21N5O2/c1-18-24(25(30-33-18)20-5-3-2-4-6-20)23-16-31(17-29-23)22-9-7-21(8-10-22)26(32)28-15-19-11-13-27-14-12-19/h2-14,16-17H,15H2,1H3,(H,28,32). The summed E-state index contributed by atoms with van der Waals surface area (Å²) in [4.78, 5) is 21.0. The van der Waals surface area contributed by atoms with Crippen LogP contribution in [0, 0.1) is 6.92 Å². The summed E-state index contributed by atoms with van der Waals surface area (Å²) >= 11 is 0. The fraction of sp³-hybridized carbons (Fsp3) is 0.0769. The number of aryl methyl sites for hydroxylation is 1. The van der Waals surface area contributed by atoms with Crippen LogP contribution in [0.5, 0.6) is 0 Å². The smallest absolute Gasteiger partial charge is 0.251 e. The van der Waals surface area contributed by atoms with Crippen LogP contribution in [0.4, 0.5) is 0 Å². The third-order valence-electron chi connectivity index (χ3n) is 5.38. The fourth-order valence-electron chi connectivity index (χ4n) is 3.63. The summed E-state index contributed by atoms with van der Waals surface area (Å²) in [6, 6.07) is 21.0. The molecule has 7 heteroatoms. The quantitative estimate of drug-likeness (QED) is 0.413. The van der Waals surface area contributed by atoms with Crippen LogP contribution in [0.1, 0.15) is 21.7 Å². The van der Waals surface area contributed by atoms with Crippen molar-refractivity contribution >= 4 is 5.91 Å². The number of nitrogens with one attached hydrogen (secondary N) is 1. The molecule has 0 saturated carbocycles. The molecule has 2 aromatic carbocycles. The topological polar surface area (TPSA) is 85.8 Å². The van der Waals surface area contributed by atoms with Crippen molar-refractivity contribution in [2.45, 2.75) is 13.5 Å². The van der Waals surface area contributed by atoms with E-state index in [1.54, 1.807) is 30.9 Å². The maximum absolute atomic E-state index is 12.5. The van der Waals surface area contributed by atoms with Gasteiger partial charge < -0.3 is 14.4 Å². The second kappa shape index (κ2) is 8.92. The van der Waals surface area contributed by atoms with Gasteiger partial charge in [-0.15, -0.1) is 0 Å². The molecule has 1 N–H and O–H groups in total. The summed E-state index contributed by atoms with van der Waals surface area (Å²) < 4.78 is 7.38. The Kier molecular flexibility index (Phi) is 5.51. The highest BCUT2D eigenvalue weighted by Crippen LogP contribution is 2.33. The zero-order chi connectivity index (χ0) is 22.6. The Hall–Kier alpha value is -4.52. The first kappa shape index (κ1) is 20.4. The van der Waals surface area contributed by atoms with Crippen molar-refractivity contribution < 1.29 is 9.32 Å². The predicted molar refractivity (Wildman–Crippen MR) is 125 cm³/mol. The number of hydrogen-bond acceptors (Lipinski definition) is 5. The van der Waals surface area contributed by atoms with Crippen LogP contribution in [0.15, 0.2) is 96.2 Å². The number of aromatic nitrogens is 4. The summed E-state index contributed by atoms with van der Waals surface area (Å²) in [5, 5.41) is 7.16. The van der Waals surface area contributed by atoms with E-state index in [0.29, 0.717) is 17.9 Å². The van der Waals surface area contributed by atoms with Gasteiger partial charge in [0.05, 0.1) is 17.6 Å². The molecular formula is C26H21N5O2. The lowest BCUT2D eigenvalue weighted by molar-refractivity contribution is 0.0951. The van der Waals surface area contributed by atoms with Gasteiger partial charge in [-0.25, -0.2) is 4.98 Å². The van der Waals surface area contributed by atoms with E-state index in [1.807, 2.05) is 72.3 Å². The van der Waals surface area contributed by atoms with Gasteiger partial charge in [0, 0.05) is 41.9 Å². The summed E-state index contributed by atoms with van der Waals surface area (Å²) in [6.07, 6.45) is 7.10. The van der Waals surface area contributed by atoms with Gasteiger partial charge in [0.15, 0.2) is 0 Å². The van der Waals surface area contributed by atoms with E-state index in [-0.39, 0.29) is 5.91 Å². The summed E-state index contributed by atoms with van der Waals surface area (Å²) in [7, 11) is 0. The second-order valence-corrected chi connectivity index (χ2v) is 7.58. The van der Waals surface area contributed by atoms with E-state index in [2.05, 4.69) is 20.4 Å². The van der Waals surface area contributed by atoms with Gasteiger partial charge in [-0.05, 0) is 48.9 Å². The molecule has 3 heterocycles. The number of benzene rings is 2. The molecule has 0 radical (unpaired) electrons. The number of imidazole rings is 1. The molecule has 0 spiro atoms. The molecule has 3 aromatic heterocycles. The minimum atomic E-state index is -0.128. The Bertz CT molecular complexity index is 1370. The van der Waals surface area contributed by atoms with Crippen LogP contribution in [0.2, 0.25) is 0 Å². The Balaban J connectivity index is 1.34. The molecule has 0 aliphatic carbocycles. The first-order chi connectivity index (χ1) is 16.2. The van der Waals surface area contributed by atoms with Gasteiger partial charge >= 0.3 is 0 Å². The minimum absolute atomic E-state index is 0.128. The SMILES string of the molecule is Cc1onc(-c2ccccc2)c1-c1cn(-c2ccc(C(=O)NCc3ccncc3)cc2)cn1. The minimum Gasteiger partial charge on any atom is -0.360 e. The zero-order valence-corrected chi connectivity index (χ0v) is 18.0. The zero-order valence-electron chi connectivity index (χ0n) is 18.0. The van der Waals surface area contributed by atoms with Crippen LogP contribution in [0.3, 0.4) is 0 Å². The van der Waals surface area contributed by atoms with Gasteiger partial charge in [-0.1, -0.05) is 35.5 Å². The molecule has 162 valence electrons. The van der Waals surface area contributed by atoms with Crippen molar-refractivity contribution in [3.05, 3.63) is 109 Å². The van der Waals surface area contributed by atoms with E-state index in [1.165, 1.54) is 0 Å². The van der Waals surface area contributed by atoms with Gasteiger partial charge in [0.2, 0.25) is 0 Å². The number of amides is 1. The molecule has 0 aliphatic rings. The maximum Gasteiger partial charge on any atom is 0.251 e. The first-order valence-corrected chi connectivity index (χ1v) is 10.5. The Labute approximate surface area is 190 Å². The Morgan fingerprint density at radius 3 is 2.52 bits per heavy atom. The normalized spacial score (nSPS) is 10.8. The lowest BCUT2D eigenvalue weighted by atomic mass is 10.0. The third-order valence-corrected chi connectivity index (χ3v) is 5.38. The largest absolute Gasteiger partial charge is 0.360 e. The number of carbonyl (C=O) groups is 1. The predicted octanol–water partition coefficient (Wildman–Crippen LogP) is 4.83. The molecule has 33 heavy (non-hydrogen) atoms. The molecule has 0 fully saturated rings. The van der Waals surface area contributed by atoms with Gasteiger partial charge in [0.1, 0.15) is 11.5 Å². The summed E-state index contributed by atoms with van der Waals surface area (Å²) in [5.74, 6) is 0.581. The second-order valence-electron chi connectivity index (χ2n) is 7.58. The highest BCUT2D eigenvalue weighted by Gasteiger charge is 2.19. The number of pyridine rings is 1. The first-order valence-electron chi connectivity index (χ1n) is 10.5. The van der Waals surface area contributed by atoms with Crippen LogP contribution in [-0.2, 0) is 6.54 Å². The molecule has 1 amide bonds. The summed E-state index contributed by atoms with van der Waals surface area (Å²) in [5.41, 5.74) is 5.86. The average Bonchev–Trinajstić information content (AvgIpc) is 3.50. The third kappa shape index (κ3) is 4.29. The molecule has 5 aromatic rings. The Morgan fingerprint density at radius 2 is 1.76 bits per heavy atom. The van der Waals surface area contributed by atoms with Crippen molar-refractivity contribution in [2.75, 3.05) is 0 Å². The highest BCUT2D eigenvalue weighted by molar-refractivity contribution is 5.94. The molecular weight excluding hydrogens is 414 g/mol. The molecule has 0 atom stereocenters. The van der Waals surface area contributed by atoms with Crippen LogP contribution < -0.4 is 5.32 Å². The van der Waals surface area contributed by atoms with Crippen LogP contribution in [-0.4, -0.2) is 25.6 Å². The van der Waals surface area contributed by atoms with E-state index in [9.17, 15) is 4.79 Å². The van der Waals surface area contributed by atoms with Gasteiger partial charge in [-0.3, -0.25) is 9.78 Å². The van der Waals surface area contributed by atoms with Gasteiger partial charge in [0.25, 0.3) is 5.91 Å². The molecule has 5 rings (SSSR count). The average molecular weight is 435 g/mol. The lowest BCUT2D eigenvalue weighted by Gasteiger charge is -2.07.